The van der Waals surface area contributed by atoms with E-state index < -0.39 is 0 Å². The quantitative estimate of drug-likeness (QED) is 0.602. The molecule has 2 N–H and O–H groups in total. The molecule has 2 aromatic rings. The van der Waals surface area contributed by atoms with Crippen LogP contribution in [0.15, 0.2) is 59.6 Å². The van der Waals surface area contributed by atoms with Crippen LogP contribution in [0.1, 0.15) is 29.5 Å². The minimum atomic E-state index is 0.275. The molecule has 1 aliphatic carbocycles. The van der Waals surface area contributed by atoms with Crippen LogP contribution in [0.5, 0.6) is 0 Å². The Kier molecular flexibility index (Phi) is 5.71. The van der Waals surface area contributed by atoms with Crippen molar-refractivity contribution in [3.8, 4) is 0 Å². The summed E-state index contributed by atoms with van der Waals surface area (Å²) >= 11 is 0. The molecular formula is C21H27N3O. The lowest BCUT2D eigenvalue weighted by molar-refractivity contribution is 0.185. The Labute approximate surface area is 150 Å². The second-order valence-corrected chi connectivity index (χ2v) is 6.68. The number of methoxy groups -OCH3 is 1. The zero-order valence-corrected chi connectivity index (χ0v) is 15.1. The van der Waals surface area contributed by atoms with Gasteiger partial charge in [0.1, 0.15) is 0 Å². The van der Waals surface area contributed by atoms with Crippen molar-refractivity contribution in [2.45, 2.75) is 31.4 Å². The monoisotopic (exact) mass is 337 g/mol. The topological polar surface area (TPSA) is 45.7 Å². The summed E-state index contributed by atoms with van der Waals surface area (Å²) in [5, 5.41) is 6.90. The lowest BCUT2D eigenvalue weighted by Crippen LogP contribution is -2.40. The molecular weight excluding hydrogens is 310 g/mol. The van der Waals surface area contributed by atoms with Gasteiger partial charge in [-0.05, 0) is 29.5 Å². The number of rotatable bonds is 7. The van der Waals surface area contributed by atoms with Crippen molar-refractivity contribution in [2.75, 3.05) is 20.7 Å². The van der Waals surface area contributed by atoms with Gasteiger partial charge >= 0.3 is 0 Å². The first-order chi connectivity index (χ1) is 12.3. The highest BCUT2D eigenvalue weighted by molar-refractivity contribution is 5.79. The summed E-state index contributed by atoms with van der Waals surface area (Å²) in [7, 11) is 3.54. The minimum absolute atomic E-state index is 0.275. The van der Waals surface area contributed by atoms with Gasteiger partial charge in [0.25, 0.3) is 0 Å². The molecule has 0 amide bonds. The minimum Gasteiger partial charge on any atom is -0.380 e. The first-order valence-corrected chi connectivity index (χ1v) is 8.82. The number of guanidine groups is 1. The summed E-state index contributed by atoms with van der Waals surface area (Å²) in [6, 6.07) is 19.2. The molecule has 0 unspecified atom stereocenters. The largest absolute Gasteiger partial charge is 0.380 e. The van der Waals surface area contributed by atoms with Crippen LogP contribution >= 0.6 is 0 Å². The Hall–Kier alpha value is -2.33. The average Bonchev–Trinajstić information content (AvgIpc) is 3.44. The standard InChI is InChI=1S/C21H27N3O/c1-22-20(23-14-17-7-6-8-18(13-17)15-25-2)24-16-21(11-12-21)19-9-4-3-5-10-19/h3-10,13H,11-12,14-16H2,1-2H3,(H2,22,23,24). The predicted molar refractivity (Wildman–Crippen MR) is 103 cm³/mol. The number of aliphatic imine (C=N–C) groups is 1. The van der Waals surface area contributed by atoms with E-state index >= 15 is 0 Å². The van der Waals surface area contributed by atoms with E-state index in [0.29, 0.717) is 6.61 Å². The van der Waals surface area contributed by atoms with Gasteiger partial charge in [0.15, 0.2) is 5.96 Å². The van der Waals surface area contributed by atoms with Gasteiger partial charge in [0, 0.05) is 32.7 Å². The van der Waals surface area contributed by atoms with E-state index in [1.807, 2.05) is 7.05 Å². The van der Waals surface area contributed by atoms with Crippen LogP contribution in [0.2, 0.25) is 0 Å². The Morgan fingerprint density at radius 3 is 2.48 bits per heavy atom. The number of hydrogen-bond donors (Lipinski definition) is 2. The average molecular weight is 337 g/mol. The van der Waals surface area contributed by atoms with E-state index in [1.54, 1.807) is 7.11 Å². The Balaban J connectivity index is 1.53. The first kappa shape index (κ1) is 17.5. The van der Waals surface area contributed by atoms with Gasteiger partial charge in [0.2, 0.25) is 0 Å². The molecule has 0 spiro atoms. The molecule has 1 fully saturated rings. The van der Waals surface area contributed by atoms with Crippen LogP contribution in [-0.2, 0) is 23.3 Å². The molecule has 1 saturated carbocycles. The van der Waals surface area contributed by atoms with E-state index in [1.165, 1.54) is 29.5 Å². The third kappa shape index (κ3) is 4.60. The Morgan fingerprint density at radius 2 is 1.80 bits per heavy atom. The Morgan fingerprint density at radius 1 is 1.04 bits per heavy atom. The summed E-state index contributed by atoms with van der Waals surface area (Å²) in [6.07, 6.45) is 2.47. The number of hydrogen-bond acceptors (Lipinski definition) is 2. The highest BCUT2D eigenvalue weighted by atomic mass is 16.5. The zero-order valence-electron chi connectivity index (χ0n) is 15.1. The van der Waals surface area contributed by atoms with Gasteiger partial charge in [-0.15, -0.1) is 0 Å². The van der Waals surface area contributed by atoms with Crippen molar-refractivity contribution in [1.29, 1.82) is 0 Å². The van der Waals surface area contributed by atoms with Gasteiger partial charge in [0.05, 0.1) is 6.61 Å². The summed E-state index contributed by atoms with van der Waals surface area (Å²) in [6.45, 7) is 2.30. The molecule has 0 atom stereocenters. The highest BCUT2D eigenvalue weighted by Crippen LogP contribution is 2.47. The third-order valence-electron chi connectivity index (χ3n) is 4.82. The number of benzene rings is 2. The highest BCUT2D eigenvalue weighted by Gasteiger charge is 2.43. The molecule has 3 rings (SSSR count). The molecule has 4 nitrogen and oxygen atoms in total. The molecule has 0 aliphatic heterocycles. The van der Waals surface area contributed by atoms with Crippen molar-refractivity contribution < 1.29 is 4.74 Å². The summed E-state index contributed by atoms with van der Waals surface area (Å²) in [5.74, 6) is 0.847. The first-order valence-electron chi connectivity index (χ1n) is 8.82. The van der Waals surface area contributed by atoms with E-state index in [0.717, 1.165) is 19.0 Å². The lowest BCUT2D eigenvalue weighted by atomic mass is 9.96. The Bertz CT molecular complexity index is 708. The van der Waals surface area contributed by atoms with Crippen LogP contribution in [0.4, 0.5) is 0 Å². The number of nitrogens with zero attached hydrogens (tertiary/aromatic N) is 1. The van der Waals surface area contributed by atoms with E-state index in [2.05, 4.69) is 70.2 Å². The summed E-state index contributed by atoms with van der Waals surface area (Å²) in [4.78, 5) is 4.36. The van der Waals surface area contributed by atoms with Crippen LogP contribution in [0.25, 0.3) is 0 Å². The second-order valence-electron chi connectivity index (χ2n) is 6.68. The molecule has 4 heteroatoms. The van der Waals surface area contributed by atoms with Crippen LogP contribution in [0.3, 0.4) is 0 Å². The second kappa shape index (κ2) is 8.17. The molecule has 0 aromatic heterocycles. The van der Waals surface area contributed by atoms with Crippen molar-refractivity contribution in [3.63, 3.8) is 0 Å². The third-order valence-corrected chi connectivity index (χ3v) is 4.82. The fourth-order valence-corrected chi connectivity index (χ4v) is 3.17. The van der Waals surface area contributed by atoms with E-state index in [9.17, 15) is 0 Å². The van der Waals surface area contributed by atoms with Gasteiger partial charge in [-0.25, -0.2) is 0 Å². The summed E-state index contributed by atoms with van der Waals surface area (Å²) < 4.78 is 5.20. The van der Waals surface area contributed by atoms with Crippen LogP contribution in [-0.4, -0.2) is 26.7 Å². The van der Waals surface area contributed by atoms with Crippen molar-refractivity contribution >= 4 is 5.96 Å². The number of nitrogens with one attached hydrogen (secondary N) is 2. The van der Waals surface area contributed by atoms with Gasteiger partial charge < -0.3 is 15.4 Å². The zero-order chi connectivity index (χ0) is 17.5. The molecule has 0 bridgehead atoms. The smallest absolute Gasteiger partial charge is 0.191 e. The lowest BCUT2D eigenvalue weighted by Gasteiger charge is -2.19. The maximum Gasteiger partial charge on any atom is 0.191 e. The molecule has 0 radical (unpaired) electrons. The maximum absolute atomic E-state index is 5.20. The molecule has 132 valence electrons. The predicted octanol–water partition coefficient (Wildman–Crippen LogP) is 3.23. The number of ether oxygens (including phenoxy) is 1. The molecule has 2 aromatic carbocycles. The summed E-state index contributed by atoms with van der Waals surface area (Å²) in [5.41, 5.74) is 4.11. The van der Waals surface area contributed by atoms with Gasteiger partial charge in [-0.2, -0.15) is 0 Å². The fourth-order valence-electron chi connectivity index (χ4n) is 3.17. The van der Waals surface area contributed by atoms with E-state index in [4.69, 9.17) is 4.74 Å². The maximum atomic E-state index is 5.20. The van der Waals surface area contributed by atoms with E-state index in [-0.39, 0.29) is 5.41 Å². The van der Waals surface area contributed by atoms with Gasteiger partial charge in [-0.3, -0.25) is 4.99 Å². The molecule has 1 aliphatic rings. The van der Waals surface area contributed by atoms with Crippen LogP contribution in [0, 0.1) is 0 Å². The van der Waals surface area contributed by atoms with Crippen molar-refractivity contribution in [2.24, 2.45) is 4.99 Å². The SMILES string of the molecule is CN=C(NCc1cccc(COC)c1)NCC1(c2ccccc2)CC1. The molecule has 0 heterocycles. The molecule has 25 heavy (non-hydrogen) atoms. The fraction of sp³-hybridized carbons (Fsp3) is 0.381. The van der Waals surface area contributed by atoms with Crippen molar-refractivity contribution in [1.82, 2.24) is 10.6 Å². The molecule has 0 saturated heterocycles. The van der Waals surface area contributed by atoms with Crippen molar-refractivity contribution in [3.05, 3.63) is 71.3 Å². The van der Waals surface area contributed by atoms with Gasteiger partial charge in [-0.1, -0.05) is 54.6 Å². The van der Waals surface area contributed by atoms with Crippen LogP contribution < -0.4 is 10.6 Å². The normalized spacial score (nSPS) is 15.7.